The lowest BCUT2D eigenvalue weighted by atomic mass is 10.1. The van der Waals surface area contributed by atoms with Crippen LogP contribution in [0.5, 0.6) is 5.75 Å². The molecular weight excluding hydrogens is 206 g/mol. The average molecular weight is 219 g/mol. The van der Waals surface area contributed by atoms with Gasteiger partial charge in [0.2, 0.25) is 0 Å². The Hall–Kier alpha value is -2.02. The van der Waals surface area contributed by atoms with Gasteiger partial charge in [-0.05, 0) is 26.0 Å². The Kier molecular flexibility index (Phi) is 3.90. The van der Waals surface area contributed by atoms with E-state index in [1.807, 2.05) is 19.9 Å². The van der Waals surface area contributed by atoms with Crippen molar-refractivity contribution in [3.8, 4) is 11.8 Å². The number of para-hydroxylation sites is 1. The van der Waals surface area contributed by atoms with Gasteiger partial charge in [-0.2, -0.15) is 5.26 Å². The van der Waals surface area contributed by atoms with Crippen LogP contribution in [0.4, 0.5) is 0 Å². The molecule has 0 saturated carbocycles. The van der Waals surface area contributed by atoms with Crippen molar-refractivity contribution in [1.29, 1.82) is 5.26 Å². The molecule has 0 aliphatic heterocycles. The van der Waals surface area contributed by atoms with Crippen LogP contribution in [0.2, 0.25) is 0 Å². The third-order valence-electron chi connectivity index (χ3n) is 1.89. The fourth-order valence-corrected chi connectivity index (χ4v) is 1.26. The Morgan fingerprint density at radius 2 is 2.12 bits per heavy atom. The summed E-state index contributed by atoms with van der Waals surface area (Å²) in [6.45, 7) is 3.66. The van der Waals surface area contributed by atoms with E-state index in [-0.39, 0.29) is 17.4 Å². The van der Waals surface area contributed by atoms with E-state index in [1.54, 1.807) is 18.2 Å². The zero-order valence-corrected chi connectivity index (χ0v) is 9.48. The summed E-state index contributed by atoms with van der Waals surface area (Å²) in [5, 5.41) is 8.93. The highest BCUT2D eigenvalue weighted by Crippen LogP contribution is 2.25. The average Bonchev–Trinajstić information content (AvgIpc) is 2.27. The van der Waals surface area contributed by atoms with Gasteiger partial charge in [0, 0.05) is 0 Å². The monoisotopic (exact) mass is 219 g/mol. The predicted octanol–water partition coefficient (Wildman–Crippen LogP) is 2.13. The minimum absolute atomic E-state index is 0.113. The van der Waals surface area contributed by atoms with Crippen molar-refractivity contribution in [3.05, 3.63) is 29.3 Å². The Morgan fingerprint density at radius 3 is 2.62 bits per heavy atom. The van der Waals surface area contributed by atoms with Crippen LogP contribution < -0.4 is 4.74 Å². The summed E-state index contributed by atoms with van der Waals surface area (Å²) < 4.78 is 10.1. The van der Waals surface area contributed by atoms with Crippen molar-refractivity contribution in [2.75, 3.05) is 7.11 Å². The first-order valence-electron chi connectivity index (χ1n) is 4.88. The molecular formula is C12H13NO3. The Bertz CT molecular complexity index is 432. The first kappa shape index (κ1) is 12.1. The van der Waals surface area contributed by atoms with E-state index in [1.165, 1.54) is 7.11 Å². The molecule has 0 N–H and O–H groups in total. The van der Waals surface area contributed by atoms with Gasteiger partial charge in [0.15, 0.2) is 5.75 Å². The quantitative estimate of drug-likeness (QED) is 0.731. The molecule has 0 spiro atoms. The topological polar surface area (TPSA) is 59.3 Å². The largest absolute Gasteiger partial charge is 0.489 e. The van der Waals surface area contributed by atoms with Gasteiger partial charge < -0.3 is 9.47 Å². The molecule has 1 rings (SSSR count). The van der Waals surface area contributed by atoms with Crippen molar-refractivity contribution in [1.82, 2.24) is 0 Å². The Balaban J connectivity index is 3.27. The van der Waals surface area contributed by atoms with Crippen molar-refractivity contribution in [3.63, 3.8) is 0 Å². The van der Waals surface area contributed by atoms with Gasteiger partial charge in [0.1, 0.15) is 11.6 Å². The van der Waals surface area contributed by atoms with Crippen LogP contribution in [0.25, 0.3) is 0 Å². The lowest BCUT2D eigenvalue weighted by molar-refractivity contribution is 0.0594. The van der Waals surface area contributed by atoms with Crippen LogP contribution in [0.3, 0.4) is 0 Å². The molecule has 1 aromatic rings. The lowest BCUT2D eigenvalue weighted by Gasteiger charge is -2.14. The summed E-state index contributed by atoms with van der Waals surface area (Å²) in [6, 6.07) is 6.79. The minimum Gasteiger partial charge on any atom is -0.489 e. The first-order chi connectivity index (χ1) is 7.60. The van der Waals surface area contributed by atoms with Crippen LogP contribution in [-0.2, 0) is 4.74 Å². The second-order valence-corrected chi connectivity index (χ2v) is 3.45. The molecule has 0 heterocycles. The maximum Gasteiger partial charge on any atom is 0.341 e. The molecule has 0 aliphatic carbocycles. The van der Waals surface area contributed by atoms with E-state index in [0.717, 1.165) is 0 Å². The molecule has 0 atom stereocenters. The molecule has 4 heteroatoms. The molecule has 0 fully saturated rings. The van der Waals surface area contributed by atoms with Crippen molar-refractivity contribution in [2.45, 2.75) is 20.0 Å². The highest BCUT2D eigenvalue weighted by molar-refractivity contribution is 5.93. The SMILES string of the molecule is COC(=O)c1cccc(C#N)c1OC(C)C. The number of hydrogen-bond donors (Lipinski definition) is 0. The Morgan fingerprint density at radius 1 is 1.44 bits per heavy atom. The van der Waals surface area contributed by atoms with Gasteiger partial charge in [-0.25, -0.2) is 4.79 Å². The maximum atomic E-state index is 11.5. The van der Waals surface area contributed by atoms with Gasteiger partial charge in [-0.1, -0.05) is 6.07 Å². The molecule has 0 amide bonds. The molecule has 84 valence electrons. The van der Waals surface area contributed by atoms with E-state index < -0.39 is 5.97 Å². The number of carbonyl (C=O) groups is 1. The molecule has 0 unspecified atom stereocenters. The second-order valence-electron chi connectivity index (χ2n) is 3.45. The summed E-state index contributed by atoms with van der Waals surface area (Å²) in [6.07, 6.45) is -0.113. The number of esters is 1. The number of rotatable bonds is 3. The van der Waals surface area contributed by atoms with Crippen molar-refractivity contribution >= 4 is 5.97 Å². The summed E-state index contributed by atoms with van der Waals surface area (Å²) in [7, 11) is 1.29. The van der Waals surface area contributed by atoms with E-state index in [2.05, 4.69) is 4.74 Å². The van der Waals surface area contributed by atoms with Crippen molar-refractivity contribution < 1.29 is 14.3 Å². The zero-order chi connectivity index (χ0) is 12.1. The summed E-state index contributed by atoms with van der Waals surface area (Å²) in [5.74, 6) is -0.223. The molecule has 0 saturated heterocycles. The lowest BCUT2D eigenvalue weighted by Crippen LogP contribution is -2.12. The fraction of sp³-hybridized carbons (Fsp3) is 0.333. The summed E-state index contributed by atoms with van der Waals surface area (Å²) >= 11 is 0. The van der Waals surface area contributed by atoms with Gasteiger partial charge in [-0.3, -0.25) is 0 Å². The molecule has 1 aromatic carbocycles. The third kappa shape index (κ3) is 2.51. The first-order valence-corrected chi connectivity index (χ1v) is 4.88. The molecule has 4 nitrogen and oxygen atoms in total. The fourth-order valence-electron chi connectivity index (χ4n) is 1.26. The second kappa shape index (κ2) is 5.17. The number of nitriles is 1. The van der Waals surface area contributed by atoms with Crippen LogP contribution in [0.1, 0.15) is 29.8 Å². The molecule has 0 aliphatic rings. The van der Waals surface area contributed by atoms with Gasteiger partial charge in [0.05, 0.1) is 18.8 Å². The van der Waals surface area contributed by atoms with Crippen LogP contribution in [0, 0.1) is 11.3 Å². The number of hydrogen-bond acceptors (Lipinski definition) is 4. The number of nitrogens with zero attached hydrogens (tertiary/aromatic N) is 1. The normalized spacial score (nSPS) is 9.69. The molecule has 0 radical (unpaired) electrons. The number of benzene rings is 1. The van der Waals surface area contributed by atoms with E-state index in [9.17, 15) is 4.79 Å². The van der Waals surface area contributed by atoms with E-state index in [4.69, 9.17) is 10.00 Å². The van der Waals surface area contributed by atoms with Crippen LogP contribution in [-0.4, -0.2) is 19.2 Å². The third-order valence-corrected chi connectivity index (χ3v) is 1.89. The maximum absolute atomic E-state index is 11.5. The molecule has 16 heavy (non-hydrogen) atoms. The Labute approximate surface area is 94.4 Å². The number of ether oxygens (including phenoxy) is 2. The standard InChI is InChI=1S/C12H13NO3/c1-8(2)16-11-9(7-13)5-4-6-10(11)12(14)15-3/h4-6,8H,1-3H3. The van der Waals surface area contributed by atoms with E-state index in [0.29, 0.717) is 5.56 Å². The zero-order valence-electron chi connectivity index (χ0n) is 9.48. The van der Waals surface area contributed by atoms with Gasteiger partial charge >= 0.3 is 5.97 Å². The van der Waals surface area contributed by atoms with Crippen LogP contribution in [0.15, 0.2) is 18.2 Å². The number of methoxy groups -OCH3 is 1. The highest BCUT2D eigenvalue weighted by Gasteiger charge is 2.17. The number of carbonyl (C=O) groups excluding carboxylic acids is 1. The van der Waals surface area contributed by atoms with E-state index >= 15 is 0 Å². The minimum atomic E-state index is -0.507. The van der Waals surface area contributed by atoms with Crippen molar-refractivity contribution in [2.24, 2.45) is 0 Å². The highest BCUT2D eigenvalue weighted by atomic mass is 16.5. The summed E-state index contributed by atoms with van der Waals surface area (Å²) in [4.78, 5) is 11.5. The van der Waals surface area contributed by atoms with Crippen LogP contribution >= 0.6 is 0 Å². The van der Waals surface area contributed by atoms with Gasteiger partial charge in [-0.15, -0.1) is 0 Å². The molecule has 0 aromatic heterocycles. The predicted molar refractivity (Wildman–Crippen MR) is 58.3 cm³/mol. The molecule has 0 bridgehead atoms. The summed E-state index contributed by atoms with van der Waals surface area (Å²) in [5.41, 5.74) is 0.604. The van der Waals surface area contributed by atoms with Gasteiger partial charge in [0.25, 0.3) is 0 Å². The smallest absolute Gasteiger partial charge is 0.341 e.